The summed E-state index contributed by atoms with van der Waals surface area (Å²) in [6, 6.07) is 0. The van der Waals surface area contributed by atoms with Crippen LogP contribution in [-0.2, 0) is 14.3 Å². The quantitative estimate of drug-likeness (QED) is 0.578. The fourth-order valence-corrected chi connectivity index (χ4v) is 1.91. The number of rotatable bonds is 3. The van der Waals surface area contributed by atoms with Crippen molar-refractivity contribution in [2.24, 2.45) is 0 Å². The number of carbonyl (C=O) groups excluding carboxylic acids is 3. The molecule has 2 heterocycles. The number of amides is 3. The average molecular weight is 241 g/mol. The molecule has 2 saturated heterocycles. The van der Waals surface area contributed by atoms with Gasteiger partial charge in [-0.15, -0.1) is 0 Å². The largest absolute Gasteiger partial charge is 0.448 e. The van der Waals surface area contributed by atoms with Gasteiger partial charge in [-0.2, -0.15) is 0 Å². The van der Waals surface area contributed by atoms with Gasteiger partial charge in [0.1, 0.15) is 13.2 Å². The maximum atomic E-state index is 11.9. The smallest absolute Gasteiger partial charge is 0.410 e. The average Bonchev–Trinajstić information content (AvgIpc) is 2.75. The van der Waals surface area contributed by atoms with Crippen molar-refractivity contribution in [2.75, 3.05) is 45.9 Å². The first-order chi connectivity index (χ1) is 8.20. The molecule has 2 aliphatic rings. The molecule has 17 heavy (non-hydrogen) atoms. The third-order valence-corrected chi connectivity index (χ3v) is 2.99. The van der Waals surface area contributed by atoms with Crippen LogP contribution in [0, 0.1) is 0 Å². The highest BCUT2D eigenvalue weighted by Gasteiger charge is 2.27. The predicted octanol–water partition coefficient (Wildman–Crippen LogP) is -1.26. The van der Waals surface area contributed by atoms with Gasteiger partial charge < -0.3 is 14.5 Å². The Morgan fingerprint density at radius 2 is 1.94 bits per heavy atom. The maximum Gasteiger partial charge on any atom is 0.410 e. The second kappa shape index (κ2) is 5.03. The zero-order valence-electron chi connectivity index (χ0n) is 9.50. The Morgan fingerprint density at radius 1 is 1.24 bits per heavy atom. The Hall–Kier alpha value is -1.79. The number of carbonyl (C=O) groups is 3. The molecule has 2 fully saturated rings. The molecule has 0 aliphatic carbocycles. The summed E-state index contributed by atoms with van der Waals surface area (Å²) in [5.41, 5.74) is 0. The molecule has 2 aliphatic heterocycles. The number of hydrogen-bond acceptors (Lipinski definition) is 4. The minimum atomic E-state index is -0.426. The Bertz CT molecular complexity index is 326. The lowest BCUT2D eigenvalue weighted by atomic mass is 10.3. The van der Waals surface area contributed by atoms with Crippen LogP contribution in [0.1, 0.15) is 0 Å². The van der Waals surface area contributed by atoms with E-state index in [2.05, 4.69) is 0 Å². The van der Waals surface area contributed by atoms with E-state index in [9.17, 15) is 14.4 Å². The highest BCUT2D eigenvalue weighted by molar-refractivity contribution is 5.83. The Kier molecular flexibility index (Phi) is 3.46. The van der Waals surface area contributed by atoms with Gasteiger partial charge in [-0.05, 0) is 0 Å². The molecule has 3 amide bonds. The highest BCUT2D eigenvalue weighted by atomic mass is 16.6. The van der Waals surface area contributed by atoms with E-state index in [1.54, 1.807) is 9.80 Å². The number of cyclic esters (lactones) is 1. The summed E-state index contributed by atoms with van der Waals surface area (Å²) in [5.74, 6) is -0.0885. The van der Waals surface area contributed by atoms with E-state index in [0.717, 1.165) is 6.41 Å². The molecular formula is C10H15N3O4. The van der Waals surface area contributed by atoms with Crippen molar-refractivity contribution in [3.05, 3.63) is 0 Å². The monoisotopic (exact) mass is 241 g/mol. The minimum Gasteiger partial charge on any atom is -0.448 e. The maximum absolute atomic E-state index is 11.9. The zero-order valence-corrected chi connectivity index (χ0v) is 9.50. The van der Waals surface area contributed by atoms with Crippen molar-refractivity contribution >= 4 is 18.4 Å². The number of ether oxygens (including phenoxy) is 1. The summed E-state index contributed by atoms with van der Waals surface area (Å²) in [6.45, 7) is 3.06. The molecule has 0 bridgehead atoms. The Labute approximate surface area is 98.9 Å². The van der Waals surface area contributed by atoms with Crippen LogP contribution in [0.5, 0.6) is 0 Å². The summed E-state index contributed by atoms with van der Waals surface area (Å²) < 4.78 is 4.75. The van der Waals surface area contributed by atoms with Crippen LogP contribution in [0.3, 0.4) is 0 Å². The van der Waals surface area contributed by atoms with Crippen LogP contribution in [0.2, 0.25) is 0 Å². The molecule has 0 saturated carbocycles. The van der Waals surface area contributed by atoms with E-state index in [1.807, 2.05) is 0 Å². The van der Waals surface area contributed by atoms with Crippen molar-refractivity contribution in [3.63, 3.8) is 0 Å². The number of nitrogens with zero attached hydrogens (tertiary/aromatic N) is 3. The first-order valence-corrected chi connectivity index (χ1v) is 5.59. The van der Waals surface area contributed by atoms with Gasteiger partial charge >= 0.3 is 6.09 Å². The predicted molar refractivity (Wildman–Crippen MR) is 57.1 cm³/mol. The lowest BCUT2D eigenvalue weighted by molar-refractivity contribution is -0.135. The molecule has 0 aromatic rings. The van der Waals surface area contributed by atoms with Gasteiger partial charge in [0, 0.05) is 26.2 Å². The molecule has 0 radical (unpaired) electrons. The molecule has 0 N–H and O–H groups in total. The number of piperazine rings is 1. The third kappa shape index (κ3) is 2.66. The van der Waals surface area contributed by atoms with Crippen molar-refractivity contribution < 1.29 is 19.1 Å². The second-order valence-corrected chi connectivity index (χ2v) is 4.06. The van der Waals surface area contributed by atoms with Crippen LogP contribution in [0.4, 0.5) is 4.79 Å². The van der Waals surface area contributed by atoms with Crippen molar-refractivity contribution in [1.29, 1.82) is 0 Å². The molecule has 2 rings (SSSR count). The summed E-state index contributed by atoms with van der Waals surface area (Å²) in [6.07, 6.45) is 0.365. The van der Waals surface area contributed by atoms with Crippen molar-refractivity contribution in [3.8, 4) is 0 Å². The first-order valence-electron chi connectivity index (χ1n) is 5.59. The molecule has 7 nitrogen and oxygen atoms in total. The van der Waals surface area contributed by atoms with E-state index in [1.165, 1.54) is 4.90 Å². The van der Waals surface area contributed by atoms with Gasteiger partial charge in [-0.25, -0.2) is 4.79 Å². The van der Waals surface area contributed by atoms with Gasteiger partial charge in [-0.3, -0.25) is 14.5 Å². The fourth-order valence-electron chi connectivity index (χ4n) is 1.91. The SMILES string of the molecule is O=CN1CCN(C(=O)CN2CCOC2=O)CC1. The van der Waals surface area contributed by atoms with Crippen LogP contribution < -0.4 is 0 Å². The van der Waals surface area contributed by atoms with Crippen LogP contribution >= 0.6 is 0 Å². The van der Waals surface area contributed by atoms with Crippen molar-refractivity contribution in [1.82, 2.24) is 14.7 Å². The Morgan fingerprint density at radius 3 is 2.47 bits per heavy atom. The summed E-state index contributed by atoms with van der Waals surface area (Å²) >= 11 is 0. The molecule has 0 atom stereocenters. The van der Waals surface area contributed by atoms with Crippen LogP contribution in [0.15, 0.2) is 0 Å². The molecule has 0 aromatic heterocycles. The van der Waals surface area contributed by atoms with E-state index in [4.69, 9.17) is 4.74 Å². The second-order valence-electron chi connectivity index (χ2n) is 4.06. The molecule has 94 valence electrons. The highest BCUT2D eigenvalue weighted by Crippen LogP contribution is 2.06. The summed E-state index contributed by atoms with van der Waals surface area (Å²) in [5, 5.41) is 0. The van der Waals surface area contributed by atoms with Crippen LogP contribution in [-0.4, -0.2) is 79.0 Å². The molecular weight excluding hydrogens is 226 g/mol. The van der Waals surface area contributed by atoms with Gasteiger partial charge in [0.05, 0.1) is 6.54 Å². The minimum absolute atomic E-state index is 0.0694. The summed E-state index contributed by atoms with van der Waals surface area (Å²) in [7, 11) is 0. The fraction of sp³-hybridized carbons (Fsp3) is 0.700. The molecule has 7 heteroatoms. The zero-order chi connectivity index (χ0) is 12.3. The van der Waals surface area contributed by atoms with E-state index in [-0.39, 0.29) is 12.5 Å². The lowest BCUT2D eigenvalue weighted by Gasteiger charge is -2.33. The van der Waals surface area contributed by atoms with Gasteiger partial charge in [-0.1, -0.05) is 0 Å². The number of hydrogen-bond donors (Lipinski definition) is 0. The molecule has 0 aromatic carbocycles. The van der Waals surface area contributed by atoms with Gasteiger partial charge in [0.15, 0.2) is 0 Å². The molecule has 0 unspecified atom stereocenters. The van der Waals surface area contributed by atoms with Crippen LogP contribution in [0.25, 0.3) is 0 Å². The first kappa shape index (κ1) is 11.7. The van der Waals surface area contributed by atoms with Crippen molar-refractivity contribution in [2.45, 2.75) is 0 Å². The summed E-state index contributed by atoms with van der Waals surface area (Å²) in [4.78, 5) is 38.2. The molecule has 0 spiro atoms. The standard InChI is InChI=1S/C10H15N3O4/c14-8-11-1-3-12(4-2-11)9(15)7-13-5-6-17-10(13)16/h8H,1-7H2. The normalized spacial score (nSPS) is 20.5. The topological polar surface area (TPSA) is 70.2 Å². The van der Waals surface area contributed by atoms with E-state index in [0.29, 0.717) is 39.3 Å². The Balaban J connectivity index is 1.80. The van der Waals surface area contributed by atoms with E-state index < -0.39 is 6.09 Å². The van der Waals surface area contributed by atoms with Gasteiger partial charge in [0.2, 0.25) is 12.3 Å². The third-order valence-electron chi connectivity index (χ3n) is 2.99. The van der Waals surface area contributed by atoms with E-state index >= 15 is 0 Å². The van der Waals surface area contributed by atoms with Gasteiger partial charge in [0.25, 0.3) is 0 Å². The lowest BCUT2D eigenvalue weighted by Crippen LogP contribution is -2.50.